The lowest BCUT2D eigenvalue weighted by Gasteiger charge is -2.26. The number of halogens is 1. The van der Waals surface area contributed by atoms with E-state index < -0.39 is 23.8 Å². The Balaban J connectivity index is 1.61. The third-order valence-corrected chi connectivity index (χ3v) is 5.78. The van der Waals surface area contributed by atoms with Gasteiger partial charge in [0.15, 0.2) is 11.6 Å². The minimum absolute atomic E-state index is 0.0114. The number of aliphatic hydroxyl groups is 1. The predicted octanol–water partition coefficient (Wildman–Crippen LogP) is 5.56. The molecule has 0 heterocycles. The van der Waals surface area contributed by atoms with Crippen molar-refractivity contribution >= 4 is 11.9 Å². The van der Waals surface area contributed by atoms with Gasteiger partial charge in [0, 0.05) is 19.5 Å². The van der Waals surface area contributed by atoms with E-state index >= 15 is 0 Å². The summed E-state index contributed by atoms with van der Waals surface area (Å²) in [6, 6.07) is 28.1. The Bertz CT molecular complexity index is 1360. The summed E-state index contributed by atoms with van der Waals surface area (Å²) in [7, 11) is 0. The number of ether oxygens (including phenoxy) is 1. The first-order valence-electron chi connectivity index (χ1n) is 11.8. The Morgan fingerprint density at radius 1 is 0.784 bits per heavy atom. The number of carbonyl (C=O) groups is 2. The standard InChI is InChI=1S/C30H26FNO5/c31-26-11-5-7-13-28(26)37-27-12-6-4-10-25(27)29(34)32(19-22-14-16-23(17-15-22)30(35)36)20-24(33)18-21-8-2-1-3-9-21/h1-17,24,33H,18-20H2,(H,35,36). The van der Waals surface area contributed by atoms with Crippen molar-refractivity contribution < 1.29 is 28.9 Å². The van der Waals surface area contributed by atoms with E-state index in [0.29, 0.717) is 12.0 Å². The van der Waals surface area contributed by atoms with Gasteiger partial charge in [0.25, 0.3) is 5.91 Å². The van der Waals surface area contributed by atoms with Gasteiger partial charge in [0.2, 0.25) is 0 Å². The second-order valence-electron chi connectivity index (χ2n) is 8.56. The number of carbonyl (C=O) groups excluding carboxylic acids is 1. The minimum Gasteiger partial charge on any atom is -0.478 e. The second-order valence-corrected chi connectivity index (χ2v) is 8.56. The molecule has 0 saturated carbocycles. The summed E-state index contributed by atoms with van der Waals surface area (Å²) >= 11 is 0. The molecule has 0 bridgehead atoms. The van der Waals surface area contributed by atoms with E-state index in [0.717, 1.165) is 5.56 Å². The minimum atomic E-state index is -1.04. The van der Waals surface area contributed by atoms with Gasteiger partial charge in [0.1, 0.15) is 5.75 Å². The number of benzene rings is 4. The number of carboxylic acid groups (broad SMARTS) is 1. The molecule has 6 nitrogen and oxygen atoms in total. The SMILES string of the molecule is O=C(O)c1ccc(CN(CC(O)Cc2ccccc2)C(=O)c2ccccc2Oc2ccccc2F)cc1. The zero-order chi connectivity index (χ0) is 26.2. The molecule has 4 aromatic rings. The number of carboxylic acids is 1. The van der Waals surface area contributed by atoms with Crippen LogP contribution in [-0.2, 0) is 13.0 Å². The number of hydrogen-bond donors (Lipinski definition) is 2. The highest BCUT2D eigenvalue weighted by molar-refractivity contribution is 5.97. The molecule has 0 aliphatic carbocycles. The molecule has 0 aromatic heterocycles. The number of aromatic carboxylic acids is 1. The molecule has 7 heteroatoms. The van der Waals surface area contributed by atoms with Crippen LogP contribution in [0.25, 0.3) is 0 Å². The van der Waals surface area contributed by atoms with Crippen LogP contribution in [0.4, 0.5) is 4.39 Å². The Morgan fingerprint density at radius 2 is 1.41 bits per heavy atom. The van der Waals surface area contributed by atoms with Crippen molar-refractivity contribution in [2.75, 3.05) is 6.54 Å². The van der Waals surface area contributed by atoms with Crippen molar-refractivity contribution in [3.8, 4) is 11.5 Å². The average molecular weight is 500 g/mol. The Morgan fingerprint density at radius 3 is 2.08 bits per heavy atom. The predicted molar refractivity (Wildman–Crippen MR) is 137 cm³/mol. The molecule has 1 amide bonds. The first kappa shape index (κ1) is 25.6. The van der Waals surface area contributed by atoms with Crippen LogP contribution in [0.3, 0.4) is 0 Å². The molecule has 1 unspecified atom stereocenters. The highest BCUT2D eigenvalue weighted by Crippen LogP contribution is 2.28. The molecule has 4 rings (SSSR count). The van der Waals surface area contributed by atoms with E-state index in [1.54, 1.807) is 48.5 Å². The van der Waals surface area contributed by atoms with Crippen LogP contribution < -0.4 is 4.74 Å². The van der Waals surface area contributed by atoms with Crippen LogP contribution in [0.2, 0.25) is 0 Å². The van der Waals surface area contributed by atoms with Gasteiger partial charge in [-0.2, -0.15) is 0 Å². The van der Waals surface area contributed by atoms with E-state index in [9.17, 15) is 24.2 Å². The van der Waals surface area contributed by atoms with E-state index in [2.05, 4.69) is 0 Å². The van der Waals surface area contributed by atoms with Crippen molar-refractivity contribution in [3.63, 3.8) is 0 Å². The molecular formula is C30H26FNO5. The molecule has 0 fully saturated rings. The average Bonchev–Trinajstić information content (AvgIpc) is 2.90. The van der Waals surface area contributed by atoms with Gasteiger partial charge in [-0.3, -0.25) is 4.79 Å². The van der Waals surface area contributed by atoms with Crippen molar-refractivity contribution in [2.24, 2.45) is 0 Å². The number of rotatable bonds is 10. The number of hydrogen-bond acceptors (Lipinski definition) is 4. The molecule has 0 aliphatic rings. The van der Waals surface area contributed by atoms with Crippen LogP contribution >= 0.6 is 0 Å². The summed E-state index contributed by atoms with van der Waals surface area (Å²) in [5.41, 5.74) is 1.96. The molecule has 1 atom stereocenters. The molecule has 0 spiro atoms. The molecule has 188 valence electrons. The monoisotopic (exact) mass is 499 g/mol. The van der Waals surface area contributed by atoms with Crippen LogP contribution in [0, 0.1) is 5.82 Å². The molecular weight excluding hydrogens is 473 g/mol. The smallest absolute Gasteiger partial charge is 0.335 e. The lowest BCUT2D eigenvalue weighted by molar-refractivity contribution is 0.0601. The normalized spacial score (nSPS) is 11.5. The van der Waals surface area contributed by atoms with Crippen molar-refractivity contribution in [3.05, 3.63) is 131 Å². The summed E-state index contributed by atoms with van der Waals surface area (Å²) in [5.74, 6) is -1.85. The Kier molecular flexibility index (Phi) is 8.28. The van der Waals surface area contributed by atoms with Gasteiger partial charge in [-0.25, -0.2) is 9.18 Å². The fraction of sp³-hybridized carbons (Fsp3) is 0.133. The maximum atomic E-state index is 14.2. The fourth-order valence-corrected chi connectivity index (χ4v) is 3.95. The molecule has 0 radical (unpaired) electrons. The van der Waals surface area contributed by atoms with E-state index in [-0.39, 0.29) is 35.7 Å². The Labute approximate surface area is 214 Å². The van der Waals surface area contributed by atoms with Gasteiger partial charge in [0.05, 0.1) is 17.2 Å². The quantitative estimate of drug-likeness (QED) is 0.298. The summed E-state index contributed by atoms with van der Waals surface area (Å²) in [6.45, 7) is 0.140. The van der Waals surface area contributed by atoms with Gasteiger partial charge in [-0.15, -0.1) is 0 Å². The second kappa shape index (κ2) is 12.0. The van der Waals surface area contributed by atoms with Crippen LogP contribution in [0.1, 0.15) is 31.8 Å². The highest BCUT2D eigenvalue weighted by Gasteiger charge is 2.23. The van der Waals surface area contributed by atoms with E-state index in [1.807, 2.05) is 30.3 Å². The Hall–Kier alpha value is -4.49. The zero-order valence-corrected chi connectivity index (χ0v) is 20.0. The summed E-state index contributed by atoms with van der Waals surface area (Å²) < 4.78 is 20.0. The van der Waals surface area contributed by atoms with Gasteiger partial charge in [-0.1, -0.05) is 66.7 Å². The zero-order valence-electron chi connectivity index (χ0n) is 20.0. The van der Waals surface area contributed by atoms with E-state index in [1.165, 1.54) is 29.2 Å². The number of aliphatic hydroxyl groups excluding tert-OH is 1. The summed E-state index contributed by atoms with van der Waals surface area (Å²) in [5, 5.41) is 20.0. The molecule has 37 heavy (non-hydrogen) atoms. The van der Waals surface area contributed by atoms with Crippen LogP contribution in [-0.4, -0.2) is 39.6 Å². The largest absolute Gasteiger partial charge is 0.478 e. The van der Waals surface area contributed by atoms with Crippen molar-refractivity contribution in [1.82, 2.24) is 4.90 Å². The lowest BCUT2D eigenvalue weighted by Crippen LogP contribution is -2.38. The van der Waals surface area contributed by atoms with Gasteiger partial charge >= 0.3 is 5.97 Å². The van der Waals surface area contributed by atoms with Crippen LogP contribution in [0.15, 0.2) is 103 Å². The molecule has 0 aliphatic heterocycles. The summed E-state index contributed by atoms with van der Waals surface area (Å²) in [6.07, 6.45) is -0.514. The number of para-hydroxylation sites is 2. The topological polar surface area (TPSA) is 87.1 Å². The molecule has 0 saturated heterocycles. The first-order valence-corrected chi connectivity index (χ1v) is 11.8. The maximum absolute atomic E-state index is 14.2. The number of nitrogens with zero attached hydrogens (tertiary/aromatic N) is 1. The fourth-order valence-electron chi connectivity index (χ4n) is 3.95. The maximum Gasteiger partial charge on any atom is 0.335 e. The first-order chi connectivity index (χ1) is 17.9. The third kappa shape index (κ3) is 6.80. The highest BCUT2D eigenvalue weighted by atomic mass is 19.1. The molecule has 4 aromatic carbocycles. The van der Waals surface area contributed by atoms with Crippen LogP contribution in [0.5, 0.6) is 11.5 Å². The lowest BCUT2D eigenvalue weighted by atomic mass is 10.1. The van der Waals surface area contributed by atoms with Crippen molar-refractivity contribution in [2.45, 2.75) is 19.1 Å². The number of amides is 1. The van der Waals surface area contributed by atoms with Crippen molar-refractivity contribution in [1.29, 1.82) is 0 Å². The van der Waals surface area contributed by atoms with Gasteiger partial charge in [-0.05, 0) is 47.5 Å². The third-order valence-electron chi connectivity index (χ3n) is 5.78. The summed E-state index contributed by atoms with van der Waals surface area (Å²) in [4.78, 5) is 26.5. The van der Waals surface area contributed by atoms with Gasteiger partial charge < -0.3 is 19.8 Å². The molecule has 2 N–H and O–H groups in total. The van der Waals surface area contributed by atoms with E-state index in [4.69, 9.17) is 4.74 Å².